The highest BCUT2D eigenvalue weighted by molar-refractivity contribution is 9.10. The van der Waals surface area contributed by atoms with Gasteiger partial charge in [-0.15, -0.1) is 0 Å². The smallest absolute Gasteiger partial charge is 0.286 e. The average molecular weight is 218 g/mol. The van der Waals surface area contributed by atoms with E-state index in [2.05, 4.69) is 25.9 Å². The van der Waals surface area contributed by atoms with Gasteiger partial charge < -0.3 is 5.73 Å². The highest BCUT2D eigenvalue weighted by Gasteiger charge is 2.00. The first-order valence-corrected chi connectivity index (χ1v) is 3.27. The summed E-state index contributed by atoms with van der Waals surface area (Å²) in [6.07, 6.45) is 2.93. The van der Waals surface area contributed by atoms with Crippen molar-refractivity contribution in [3.05, 3.63) is 22.7 Å². The highest BCUT2D eigenvalue weighted by Crippen LogP contribution is 2.03. The van der Waals surface area contributed by atoms with Crippen LogP contribution < -0.4 is 5.73 Å². The number of rotatable bonds is 1. The summed E-state index contributed by atoms with van der Waals surface area (Å²) in [5, 5.41) is 0. The molecule has 0 atom stereocenters. The quantitative estimate of drug-likeness (QED) is 0.763. The lowest BCUT2D eigenvalue weighted by Crippen LogP contribution is -2.14. The number of aromatic nitrogens is 2. The molecule has 1 aromatic rings. The van der Waals surface area contributed by atoms with E-state index in [-0.39, 0.29) is 13.3 Å². The Hall–Kier alpha value is -0.970. The Morgan fingerprint density at radius 2 is 1.91 bits per heavy atom. The number of nitrogens with two attached hydrogens (primary N) is 1. The Morgan fingerprint density at radius 1 is 1.45 bits per heavy atom. The van der Waals surface area contributed by atoms with E-state index in [0.29, 0.717) is 0 Å². The van der Waals surface area contributed by atoms with Crippen LogP contribution in [0.1, 0.15) is 18.0 Å². The molecule has 60 valence electrons. The lowest BCUT2D eigenvalue weighted by molar-refractivity contribution is 0.0990. The van der Waals surface area contributed by atoms with Crippen molar-refractivity contribution in [2.45, 2.75) is 7.43 Å². The molecule has 0 aliphatic heterocycles. The van der Waals surface area contributed by atoms with E-state index in [0.717, 1.165) is 4.47 Å². The van der Waals surface area contributed by atoms with Crippen LogP contribution >= 0.6 is 15.9 Å². The monoisotopic (exact) mass is 217 g/mol. The molecular weight excluding hydrogens is 210 g/mol. The molecule has 0 saturated carbocycles. The van der Waals surface area contributed by atoms with E-state index in [1.807, 2.05) is 0 Å². The van der Waals surface area contributed by atoms with Gasteiger partial charge in [-0.05, 0) is 15.9 Å². The third kappa shape index (κ3) is 2.63. The van der Waals surface area contributed by atoms with Gasteiger partial charge in [0.1, 0.15) is 0 Å². The fraction of sp³-hybridized carbons (Fsp3) is 0.167. The van der Waals surface area contributed by atoms with Crippen molar-refractivity contribution in [1.82, 2.24) is 9.97 Å². The summed E-state index contributed by atoms with van der Waals surface area (Å²) in [6.45, 7) is 0. The molecule has 0 aromatic carbocycles. The van der Waals surface area contributed by atoms with Crippen molar-refractivity contribution in [3.63, 3.8) is 0 Å². The Balaban J connectivity index is 0.000001000. The third-order valence-electron chi connectivity index (χ3n) is 0.841. The predicted octanol–water partition coefficient (Wildman–Crippen LogP) is 0.974. The number of nitrogens with zero attached hydrogens (tertiary/aromatic N) is 2. The fourth-order valence-electron chi connectivity index (χ4n) is 0.440. The normalized spacial score (nSPS) is 8.45. The molecule has 0 saturated heterocycles. The minimum absolute atomic E-state index is 0. The molecule has 2 N–H and O–H groups in total. The zero-order valence-electron chi connectivity index (χ0n) is 4.91. The van der Waals surface area contributed by atoms with Crippen LogP contribution in [-0.4, -0.2) is 15.9 Å². The van der Waals surface area contributed by atoms with Gasteiger partial charge in [0.2, 0.25) is 5.82 Å². The minimum atomic E-state index is -0.618. The van der Waals surface area contributed by atoms with Crippen LogP contribution in [0, 0.1) is 0 Å². The van der Waals surface area contributed by atoms with Crippen LogP contribution in [0.25, 0.3) is 0 Å². The van der Waals surface area contributed by atoms with Crippen LogP contribution in [0.15, 0.2) is 16.9 Å². The number of halogens is 1. The van der Waals surface area contributed by atoms with Crippen molar-refractivity contribution in [2.24, 2.45) is 5.73 Å². The maximum Gasteiger partial charge on any atom is 0.286 e. The number of hydrogen-bond donors (Lipinski definition) is 1. The van der Waals surface area contributed by atoms with Crippen molar-refractivity contribution in [3.8, 4) is 0 Å². The standard InChI is InChI=1S/C5H4BrN3O.CH4/c6-3-1-8-5(4(7)10)9-2-3;/h1-2H,(H2,7,10);1H4. The topological polar surface area (TPSA) is 68.9 Å². The Labute approximate surface area is 73.0 Å². The average Bonchev–Trinajstić information content (AvgIpc) is 1.88. The number of carbonyl (C=O) groups is 1. The number of amides is 1. The number of hydrogen-bond acceptors (Lipinski definition) is 3. The zero-order chi connectivity index (χ0) is 7.56. The van der Waals surface area contributed by atoms with Gasteiger partial charge in [-0.1, -0.05) is 7.43 Å². The van der Waals surface area contributed by atoms with E-state index >= 15 is 0 Å². The maximum absolute atomic E-state index is 10.4. The zero-order valence-corrected chi connectivity index (χ0v) is 6.50. The van der Waals surface area contributed by atoms with Gasteiger partial charge in [0, 0.05) is 12.4 Å². The molecule has 1 amide bonds. The Kier molecular flexibility index (Phi) is 3.67. The molecule has 0 aliphatic carbocycles. The molecule has 11 heavy (non-hydrogen) atoms. The van der Waals surface area contributed by atoms with Gasteiger partial charge >= 0.3 is 0 Å². The predicted molar refractivity (Wildman–Crippen MR) is 45.0 cm³/mol. The van der Waals surface area contributed by atoms with Crippen LogP contribution in [-0.2, 0) is 0 Å². The molecule has 5 heteroatoms. The molecule has 0 unspecified atom stereocenters. The Morgan fingerprint density at radius 3 is 2.27 bits per heavy atom. The largest absolute Gasteiger partial charge is 0.363 e. The van der Waals surface area contributed by atoms with Gasteiger partial charge in [-0.3, -0.25) is 4.79 Å². The van der Waals surface area contributed by atoms with Crippen molar-refractivity contribution in [2.75, 3.05) is 0 Å². The first-order chi connectivity index (χ1) is 4.70. The second-order valence-corrected chi connectivity index (χ2v) is 2.50. The number of carbonyl (C=O) groups excluding carboxylic acids is 1. The van der Waals surface area contributed by atoms with Crippen LogP contribution in [0.4, 0.5) is 0 Å². The molecule has 0 aliphatic rings. The first kappa shape index (κ1) is 10.0. The molecule has 1 aromatic heterocycles. The molecule has 1 rings (SSSR count). The minimum Gasteiger partial charge on any atom is -0.363 e. The summed E-state index contributed by atoms with van der Waals surface area (Å²) >= 11 is 3.12. The summed E-state index contributed by atoms with van der Waals surface area (Å²) in [6, 6.07) is 0. The third-order valence-corrected chi connectivity index (χ3v) is 1.25. The van der Waals surface area contributed by atoms with E-state index in [1.165, 1.54) is 12.4 Å². The van der Waals surface area contributed by atoms with Gasteiger partial charge in [0.05, 0.1) is 4.47 Å². The van der Waals surface area contributed by atoms with E-state index in [4.69, 9.17) is 5.73 Å². The van der Waals surface area contributed by atoms with Crippen molar-refractivity contribution >= 4 is 21.8 Å². The van der Waals surface area contributed by atoms with E-state index < -0.39 is 5.91 Å². The van der Waals surface area contributed by atoms with Crippen LogP contribution in [0.2, 0.25) is 0 Å². The molecule has 1 heterocycles. The summed E-state index contributed by atoms with van der Waals surface area (Å²) in [4.78, 5) is 17.7. The summed E-state index contributed by atoms with van der Waals surface area (Å²) < 4.78 is 0.720. The SMILES string of the molecule is C.NC(=O)c1ncc(Br)cn1. The lowest BCUT2D eigenvalue weighted by atomic mass is 10.5. The molecule has 0 spiro atoms. The second-order valence-electron chi connectivity index (χ2n) is 1.59. The molecule has 4 nitrogen and oxygen atoms in total. The second kappa shape index (κ2) is 4.02. The summed E-state index contributed by atoms with van der Waals surface area (Å²) in [7, 11) is 0. The van der Waals surface area contributed by atoms with Gasteiger partial charge in [-0.2, -0.15) is 0 Å². The van der Waals surface area contributed by atoms with Gasteiger partial charge in [0.15, 0.2) is 0 Å². The van der Waals surface area contributed by atoms with Crippen LogP contribution in [0.3, 0.4) is 0 Å². The fourth-order valence-corrected chi connectivity index (χ4v) is 0.644. The molecular formula is C6H8BrN3O. The van der Waals surface area contributed by atoms with Gasteiger partial charge in [-0.25, -0.2) is 9.97 Å². The number of primary amides is 1. The van der Waals surface area contributed by atoms with E-state index in [9.17, 15) is 4.79 Å². The summed E-state index contributed by atoms with van der Waals surface area (Å²) in [5.74, 6) is -0.587. The Bertz CT molecular complexity index is 247. The van der Waals surface area contributed by atoms with Gasteiger partial charge in [0.25, 0.3) is 5.91 Å². The molecule has 0 bridgehead atoms. The van der Waals surface area contributed by atoms with Crippen molar-refractivity contribution < 1.29 is 4.79 Å². The first-order valence-electron chi connectivity index (χ1n) is 2.47. The molecule has 0 fully saturated rings. The lowest BCUT2D eigenvalue weighted by Gasteiger charge is -1.90. The highest BCUT2D eigenvalue weighted by atomic mass is 79.9. The maximum atomic E-state index is 10.4. The van der Waals surface area contributed by atoms with Crippen molar-refractivity contribution in [1.29, 1.82) is 0 Å². The summed E-state index contributed by atoms with van der Waals surface area (Å²) in [5.41, 5.74) is 4.88. The van der Waals surface area contributed by atoms with Crippen LogP contribution in [0.5, 0.6) is 0 Å². The molecule has 0 radical (unpaired) electrons. The van der Waals surface area contributed by atoms with E-state index in [1.54, 1.807) is 0 Å².